The Labute approximate surface area is 77.5 Å². The van der Waals surface area contributed by atoms with E-state index >= 15 is 0 Å². The Morgan fingerprint density at radius 1 is 1.46 bits per heavy atom. The SMILES string of the molecule is CC(C)COc1ccc(F)cc1N. The van der Waals surface area contributed by atoms with Gasteiger partial charge in [-0.2, -0.15) is 0 Å². The van der Waals surface area contributed by atoms with Crippen LogP contribution in [0.5, 0.6) is 5.75 Å². The predicted octanol–water partition coefficient (Wildman–Crippen LogP) is 2.44. The van der Waals surface area contributed by atoms with Gasteiger partial charge in [0.25, 0.3) is 0 Å². The largest absolute Gasteiger partial charge is 0.491 e. The Morgan fingerprint density at radius 2 is 2.15 bits per heavy atom. The third-order valence-corrected chi connectivity index (χ3v) is 1.54. The summed E-state index contributed by atoms with van der Waals surface area (Å²) in [5.41, 5.74) is 5.89. The van der Waals surface area contributed by atoms with Crippen LogP contribution >= 0.6 is 0 Å². The van der Waals surface area contributed by atoms with Gasteiger partial charge in [-0.05, 0) is 18.1 Å². The number of ether oxygens (including phenoxy) is 1. The molecule has 0 atom stereocenters. The Balaban J connectivity index is 2.67. The van der Waals surface area contributed by atoms with Crippen LogP contribution in [0.3, 0.4) is 0 Å². The zero-order valence-electron chi connectivity index (χ0n) is 7.88. The van der Waals surface area contributed by atoms with E-state index in [1.54, 1.807) is 6.07 Å². The van der Waals surface area contributed by atoms with Crippen LogP contribution in [0, 0.1) is 11.7 Å². The maximum Gasteiger partial charge on any atom is 0.142 e. The molecule has 0 aromatic heterocycles. The molecule has 0 heterocycles. The fraction of sp³-hybridized carbons (Fsp3) is 0.400. The van der Waals surface area contributed by atoms with Crippen LogP contribution in [0.4, 0.5) is 10.1 Å². The zero-order chi connectivity index (χ0) is 9.84. The van der Waals surface area contributed by atoms with Gasteiger partial charge in [0, 0.05) is 6.07 Å². The number of hydrogen-bond donors (Lipinski definition) is 1. The summed E-state index contributed by atoms with van der Waals surface area (Å²) >= 11 is 0. The quantitative estimate of drug-likeness (QED) is 0.730. The smallest absolute Gasteiger partial charge is 0.142 e. The minimum atomic E-state index is -0.339. The van der Waals surface area contributed by atoms with Crippen molar-refractivity contribution in [2.75, 3.05) is 12.3 Å². The average molecular weight is 183 g/mol. The number of anilines is 1. The maximum atomic E-state index is 12.6. The van der Waals surface area contributed by atoms with E-state index in [0.717, 1.165) is 0 Å². The highest BCUT2D eigenvalue weighted by molar-refractivity contribution is 5.52. The molecular formula is C10H14FNO. The van der Waals surface area contributed by atoms with E-state index in [-0.39, 0.29) is 5.82 Å². The van der Waals surface area contributed by atoms with Crippen molar-refractivity contribution in [3.05, 3.63) is 24.0 Å². The van der Waals surface area contributed by atoms with Gasteiger partial charge in [-0.3, -0.25) is 0 Å². The van der Waals surface area contributed by atoms with Gasteiger partial charge in [-0.1, -0.05) is 13.8 Å². The van der Waals surface area contributed by atoms with Crippen molar-refractivity contribution < 1.29 is 9.13 Å². The summed E-state index contributed by atoms with van der Waals surface area (Å²) in [6.45, 7) is 4.68. The molecule has 2 nitrogen and oxygen atoms in total. The lowest BCUT2D eigenvalue weighted by atomic mass is 10.2. The van der Waals surface area contributed by atoms with Crippen molar-refractivity contribution in [3.8, 4) is 5.75 Å². The van der Waals surface area contributed by atoms with Crippen LogP contribution in [-0.2, 0) is 0 Å². The second-order valence-electron chi connectivity index (χ2n) is 3.39. The molecule has 0 fully saturated rings. The molecule has 72 valence electrons. The second kappa shape index (κ2) is 4.12. The monoisotopic (exact) mass is 183 g/mol. The van der Waals surface area contributed by atoms with Gasteiger partial charge in [0.1, 0.15) is 11.6 Å². The predicted molar refractivity (Wildman–Crippen MR) is 51.1 cm³/mol. The van der Waals surface area contributed by atoms with Crippen LogP contribution in [-0.4, -0.2) is 6.61 Å². The summed E-state index contributed by atoms with van der Waals surface area (Å²) in [6, 6.07) is 4.15. The van der Waals surface area contributed by atoms with Crippen LogP contribution in [0.2, 0.25) is 0 Å². The summed E-state index contributed by atoms with van der Waals surface area (Å²) in [7, 11) is 0. The molecule has 0 unspecified atom stereocenters. The van der Waals surface area contributed by atoms with E-state index in [9.17, 15) is 4.39 Å². The van der Waals surface area contributed by atoms with E-state index in [2.05, 4.69) is 0 Å². The molecule has 0 saturated heterocycles. The molecule has 1 aromatic carbocycles. The first-order chi connectivity index (χ1) is 6.09. The highest BCUT2D eigenvalue weighted by atomic mass is 19.1. The third kappa shape index (κ3) is 2.93. The molecule has 0 bridgehead atoms. The molecule has 0 saturated carbocycles. The fourth-order valence-electron chi connectivity index (χ4n) is 0.907. The van der Waals surface area contributed by atoms with Gasteiger partial charge in [-0.15, -0.1) is 0 Å². The highest BCUT2D eigenvalue weighted by Gasteiger charge is 2.02. The molecule has 13 heavy (non-hydrogen) atoms. The summed E-state index contributed by atoms with van der Waals surface area (Å²) in [6.07, 6.45) is 0. The normalized spacial score (nSPS) is 10.5. The first-order valence-corrected chi connectivity index (χ1v) is 4.27. The Morgan fingerprint density at radius 3 is 2.69 bits per heavy atom. The summed E-state index contributed by atoms with van der Waals surface area (Å²) in [5.74, 6) is 0.647. The van der Waals surface area contributed by atoms with Gasteiger partial charge in [-0.25, -0.2) is 4.39 Å². The van der Waals surface area contributed by atoms with Gasteiger partial charge < -0.3 is 10.5 Å². The zero-order valence-corrected chi connectivity index (χ0v) is 7.88. The van der Waals surface area contributed by atoms with Crippen LogP contribution in [0.15, 0.2) is 18.2 Å². The molecule has 0 aliphatic rings. The van der Waals surface area contributed by atoms with Gasteiger partial charge in [0.2, 0.25) is 0 Å². The van der Waals surface area contributed by atoms with E-state index in [0.29, 0.717) is 24.0 Å². The maximum absolute atomic E-state index is 12.6. The number of benzene rings is 1. The van der Waals surface area contributed by atoms with Crippen molar-refractivity contribution in [1.82, 2.24) is 0 Å². The molecule has 2 N–H and O–H groups in total. The van der Waals surface area contributed by atoms with E-state index in [1.165, 1.54) is 12.1 Å². The second-order valence-corrected chi connectivity index (χ2v) is 3.39. The fourth-order valence-corrected chi connectivity index (χ4v) is 0.907. The highest BCUT2D eigenvalue weighted by Crippen LogP contribution is 2.22. The van der Waals surface area contributed by atoms with E-state index in [1.807, 2.05) is 13.8 Å². The number of rotatable bonds is 3. The minimum Gasteiger partial charge on any atom is -0.491 e. The topological polar surface area (TPSA) is 35.2 Å². The van der Waals surface area contributed by atoms with Crippen molar-refractivity contribution in [2.45, 2.75) is 13.8 Å². The van der Waals surface area contributed by atoms with Gasteiger partial charge >= 0.3 is 0 Å². The lowest BCUT2D eigenvalue weighted by Crippen LogP contribution is -2.06. The molecule has 3 heteroatoms. The third-order valence-electron chi connectivity index (χ3n) is 1.54. The minimum absolute atomic E-state index is 0.339. The van der Waals surface area contributed by atoms with Gasteiger partial charge in [0.05, 0.1) is 12.3 Å². The van der Waals surface area contributed by atoms with Crippen LogP contribution in [0.25, 0.3) is 0 Å². The van der Waals surface area contributed by atoms with Gasteiger partial charge in [0.15, 0.2) is 0 Å². The Bertz CT molecular complexity index is 286. The van der Waals surface area contributed by atoms with Crippen molar-refractivity contribution >= 4 is 5.69 Å². The Kier molecular flexibility index (Phi) is 3.12. The number of halogens is 1. The molecule has 0 aliphatic carbocycles. The van der Waals surface area contributed by atoms with Crippen molar-refractivity contribution in [1.29, 1.82) is 0 Å². The number of hydrogen-bond acceptors (Lipinski definition) is 2. The molecule has 0 radical (unpaired) electrons. The van der Waals surface area contributed by atoms with Crippen molar-refractivity contribution in [3.63, 3.8) is 0 Å². The average Bonchev–Trinajstić information content (AvgIpc) is 2.02. The molecular weight excluding hydrogens is 169 g/mol. The lowest BCUT2D eigenvalue weighted by Gasteiger charge is -2.10. The van der Waals surface area contributed by atoms with Crippen molar-refractivity contribution in [2.24, 2.45) is 5.92 Å². The standard InChI is InChI=1S/C10H14FNO/c1-7(2)6-13-10-4-3-8(11)5-9(10)12/h3-5,7H,6,12H2,1-2H3. The molecule has 1 aromatic rings. The first kappa shape index (κ1) is 9.84. The summed E-state index contributed by atoms with van der Waals surface area (Å²) < 4.78 is 18.0. The summed E-state index contributed by atoms with van der Waals surface area (Å²) in [4.78, 5) is 0. The number of nitrogens with two attached hydrogens (primary N) is 1. The molecule has 1 rings (SSSR count). The molecule has 0 spiro atoms. The van der Waals surface area contributed by atoms with Crippen LogP contribution < -0.4 is 10.5 Å². The van der Waals surface area contributed by atoms with Crippen LogP contribution in [0.1, 0.15) is 13.8 Å². The molecule has 0 aliphatic heterocycles. The first-order valence-electron chi connectivity index (χ1n) is 4.27. The van der Waals surface area contributed by atoms with E-state index in [4.69, 9.17) is 10.5 Å². The lowest BCUT2D eigenvalue weighted by molar-refractivity contribution is 0.272. The Hall–Kier alpha value is -1.25. The number of nitrogen functional groups attached to an aromatic ring is 1. The molecule has 0 amide bonds. The summed E-state index contributed by atoms with van der Waals surface area (Å²) in [5, 5.41) is 0. The van der Waals surface area contributed by atoms with E-state index < -0.39 is 0 Å².